The Labute approximate surface area is 174 Å². The fourth-order valence-electron chi connectivity index (χ4n) is 4.09. The molecule has 0 spiro atoms. The molecule has 4 aromatic heterocycles. The SMILES string of the molecule is FC(F)c1cnc2ccc(-c3c[nH]c4nc(NCC5CCC(F)(F)CC5)ncc34)cn12. The average Bonchev–Trinajstić information content (AvgIpc) is 3.36. The van der Waals surface area contributed by atoms with E-state index in [-0.39, 0.29) is 24.5 Å². The summed E-state index contributed by atoms with van der Waals surface area (Å²) in [6, 6.07) is 3.50. The minimum absolute atomic E-state index is 0.0756. The summed E-state index contributed by atoms with van der Waals surface area (Å²) in [7, 11) is 0. The lowest BCUT2D eigenvalue weighted by molar-refractivity contribution is -0.0443. The second kappa shape index (κ2) is 7.51. The molecule has 31 heavy (non-hydrogen) atoms. The standard InChI is InChI=1S/C21H20F4N6/c22-18(23)16-10-26-17-2-1-13(11-31(16)17)14-8-27-19-15(14)9-29-20(30-19)28-7-12-3-5-21(24,25)6-4-12/h1-2,8-12,18H,3-7H2,(H2,27,28,29,30). The van der Waals surface area contributed by atoms with Crippen LogP contribution in [-0.4, -0.2) is 36.8 Å². The van der Waals surface area contributed by atoms with E-state index >= 15 is 0 Å². The van der Waals surface area contributed by atoms with Crippen LogP contribution < -0.4 is 5.32 Å². The first-order valence-electron chi connectivity index (χ1n) is 10.1. The van der Waals surface area contributed by atoms with E-state index in [1.165, 1.54) is 10.6 Å². The Bertz CT molecular complexity index is 1220. The second-order valence-electron chi connectivity index (χ2n) is 7.97. The molecule has 0 amide bonds. The molecule has 1 aliphatic carbocycles. The zero-order chi connectivity index (χ0) is 21.6. The Morgan fingerprint density at radius 3 is 2.74 bits per heavy atom. The zero-order valence-corrected chi connectivity index (χ0v) is 16.5. The van der Waals surface area contributed by atoms with Crippen molar-refractivity contribution in [3.05, 3.63) is 42.6 Å². The average molecular weight is 432 g/mol. The Morgan fingerprint density at radius 2 is 1.97 bits per heavy atom. The van der Waals surface area contributed by atoms with E-state index in [1.807, 2.05) is 6.07 Å². The molecule has 2 N–H and O–H groups in total. The number of alkyl halides is 4. The Balaban J connectivity index is 1.36. The van der Waals surface area contributed by atoms with Gasteiger partial charge in [0.1, 0.15) is 17.0 Å². The first kappa shape index (κ1) is 19.8. The number of nitrogens with zero attached hydrogens (tertiary/aromatic N) is 4. The highest BCUT2D eigenvalue weighted by atomic mass is 19.3. The van der Waals surface area contributed by atoms with Crippen molar-refractivity contribution >= 4 is 22.6 Å². The molecule has 10 heteroatoms. The molecule has 6 nitrogen and oxygen atoms in total. The molecule has 0 unspecified atom stereocenters. The summed E-state index contributed by atoms with van der Waals surface area (Å²) in [6.45, 7) is 0.544. The van der Waals surface area contributed by atoms with E-state index < -0.39 is 12.3 Å². The lowest BCUT2D eigenvalue weighted by Gasteiger charge is -2.28. The number of anilines is 1. The number of hydrogen-bond donors (Lipinski definition) is 2. The van der Waals surface area contributed by atoms with Gasteiger partial charge in [0.05, 0.1) is 6.20 Å². The van der Waals surface area contributed by atoms with Crippen LogP contribution >= 0.6 is 0 Å². The molecule has 0 saturated heterocycles. The van der Waals surface area contributed by atoms with E-state index in [0.29, 0.717) is 36.6 Å². The highest BCUT2D eigenvalue weighted by Gasteiger charge is 2.34. The molecule has 1 aliphatic rings. The quantitative estimate of drug-likeness (QED) is 0.412. The molecular formula is C21H20F4N6. The molecule has 1 saturated carbocycles. The summed E-state index contributed by atoms with van der Waals surface area (Å²) in [5, 5.41) is 3.89. The van der Waals surface area contributed by atoms with Crippen molar-refractivity contribution < 1.29 is 17.6 Å². The highest BCUT2D eigenvalue weighted by molar-refractivity contribution is 5.93. The third-order valence-corrected chi connectivity index (χ3v) is 5.89. The predicted molar refractivity (Wildman–Crippen MR) is 108 cm³/mol. The number of fused-ring (bicyclic) bond motifs is 2. The van der Waals surface area contributed by atoms with Gasteiger partial charge in [-0.25, -0.2) is 27.5 Å². The topological polar surface area (TPSA) is 70.9 Å². The van der Waals surface area contributed by atoms with Gasteiger partial charge in [0, 0.05) is 54.5 Å². The van der Waals surface area contributed by atoms with Gasteiger partial charge in [0.25, 0.3) is 6.43 Å². The number of imidazole rings is 1. The summed E-state index contributed by atoms with van der Waals surface area (Å²) in [6.07, 6.45) is 4.40. The van der Waals surface area contributed by atoms with Gasteiger partial charge >= 0.3 is 0 Å². The second-order valence-corrected chi connectivity index (χ2v) is 7.97. The van der Waals surface area contributed by atoms with Crippen molar-refractivity contribution in [2.45, 2.75) is 38.0 Å². The van der Waals surface area contributed by atoms with Crippen LogP contribution in [0.3, 0.4) is 0 Å². The summed E-state index contributed by atoms with van der Waals surface area (Å²) in [5.41, 5.74) is 2.39. The van der Waals surface area contributed by atoms with Crippen LogP contribution in [0.1, 0.15) is 37.8 Å². The van der Waals surface area contributed by atoms with Crippen molar-refractivity contribution in [1.82, 2.24) is 24.3 Å². The number of halogens is 4. The monoisotopic (exact) mass is 432 g/mol. The molecule has 1 fully saturated rings. The van der Waals surface area contributed by atoms with Crippen LogP contribution in [0.2, 0.25) is 0 Å². The molecule has 0 bridgehead atoms. The van der Waals surface area contributed by atoms with Gasteiger partial charge in [-0.2, -0.15) is 4.98 Å². The molecule has 4 heterocycles. The van der Waals surface area contributed by atoms with E-state index in [4.69, 9.17) is 0 Å². The molecule has 0 radical (unpaired) electrons. The van der Waals surface area contributed by atoms with Crippen LogP contribution in [-0.2, 0) is 0 Å². The molecule has 4 aromatic rings. The first-order chi connectivity index (χ1) is 14.9. The Hall–Kier alpha value is -3.17. The van der Waals surface area contributed by atoms with Gasteiger partial charge < -0.3 is 10.3 Å². The van der Waals surface area contributed by atoms with Crippen LogP contribution in [0.25, 0.3) is 27.8 Å². The number of nitrogens with one attached hydrogen (secondary N) is 2. The summed E-state index contributed by atoms with van der Waals surface area (Å²) in [4.78, 5) is 15.9. The van der Waals surface area contributed by atoms with Gasteiger partial charge in [-0.05, 0) is 30.9 Å². The summed E-state index contributed by atoms with van der Waals surface area (Å²) >= 11 is 0. The lowest BCUT2D eigenvalue weighted by Crippen LogP contribution is -2.28. The molecule has 162 valence electrons. The third-order valence-electron chi connectivity index (χ3n) is 5.89. The van der Waals surface area contributed by atoms with E-state index in [0.717, 1.165) is 16.5 Å². The van der Waals surface area contributed by atoms with Gasteiger partial charge in [0.15, 0.2) is 0 Å². The van der Waals surface area contributed by atoms with Crippen molar-refractivity contribution in [1.29, 1.82) is 0 Å². The van der Waals surface area contributed by atoms with Gasteiger partial charge in [0.2, 0.25) is 11.9 Å². The summed E-state index contributed by atoms with van der Waals surface area (Å²) < 4.78 is 54.4. The minimum atomic E-state index is -2.62. The van der Waals surface area contributed by atoms with E-state index in [1.54, 1.807) is 24.7 Å². The Morgan fingerprint density at radius 1 is 1.16 bits per heavy atom. The first-order valence-corrected chi connectivity index (χ1v) is 10.1. The molecule has 0 aromatic carbocycles. The Kier molecular flexibility index (Phi) is 4.79. The van der Waals surface area contributed by atoms with E-state index in [2.05, 4.69) is 25.3 Å². The number of aromatic nitrogens is 5. The van der Waals surface area contributed by atoms with Crippen LogP contribution in [0.4, 0.5) is 23.5 Å². The predicted octanol–water partition coefficient (Wildman–Crippen LogP) is 5.45. The third kappa shape index (κ3) is 3.82. The maximum absolute atomic E-state index is 13.3. The fraction of sp³-hybridized carbons (Fsp3) is 0.381. The lowest BCUT2D eigenvalue weighted by atomic mass is 9.87. The fourth-order valence-corrected chi connectivity index (χ4v) is 4.09. The van der Waals surface area contributed by atoms with Gasteiger partial charge in [-0.15, -0.1) is 0 Å². The van der Waals surface area contributed by atoms with E-state index in [9.17, 15) is 17.6 Å². The van der Waals surface area contributed by atoms with Gasteiger partial charge in [-0.3, -0.25) is 4.40 Å². The van der Waals surface area contributed by atoms with Crippen molar-refractivity contribution in [2.24, 2.45) is 5.92 Å². The molecular weight excluding hydrogens is 412 g/mol. The maximum atomic E-state index is 13.3. The molecule has 0 aliphatic heterocycles. The van der Waals surface area contributed by atoms with Crippen molar-refractivity contribution in [2.75, 3.05) is 11.9 Å². The summed E-state index contributed by atoms with van der Waals surface area (Å²) in [5.74, 6) is -1.95. The smallest absolute Gasteiger partial charge is 0.280 e. The van der Waals surface area contributed by atoms with Crippen LogP contribution in [0.5, 0.6) is 0 Å². The van der Waals surface area contributed by atoms with Crippen LogP contribution in [0, 0.1) is 5.92 Å². The zero-order valence-electron chi connectivity index (χ0n) is 16.5. The van der Waals surface area contributed by atoms with Crippen molar-refractivity contribution in [3.8, 4) is 11.1 Å². The normalized spacial score (nSPS) is 17.1. The van der Waals surface area contributed by atoms with Crippen molar-refractivity contribution in [3.63, 3.8) is 0 Å². The number of H-pyrrole nitrogens is 1. The number of aromatic amines is 1. The largest absolute Gasteiger partial charge is 0.354 e. The molecule has 5 rings (SSSR count). The number of hydrogen-bond acceptors (Lipinski definition) is 4. The maximum Gasteiger partial charge on any atom is 0.280 e. The minimum Gasteiger partial charge on any atom is -0.354 e. The highest BCUT2D eigenvalue weighted by Crippen LogP contribution is 2.36. The van der Waals surface area contributed by atoms with Gasteiger partial charge in [-0.1, -0.05) is 0 Å². The van der Waals surface area contributed by atoms with Crippen LogP contribution in [0.15, 0.2) is 36.9 Å². The molecule has 0 atom stereocenters. The number of pyridine rings is 1. The number of rotatable bonds is 5.